The van der Waals surface area contributed by atoms with Crippen LogP contribution in [-0.4, -0.2) is 91.2 Å². The van der Waals surface area contributed by atoms with Crippen molar-refractivity contribution in [2.45, 2.75) is 154 Å². The smallest absolute Gasteiger partial charge is 0.412 e. The van der Waals surface area contributed by atoms with Gasteiger partial charge in [-0.25, -0.2) is 9.59 Å². The standard InChI is InChI=1S/C53H77N3O11/c1-5-9-10-11-12-13-14-15-16-19-28-54-51(59)66-40-25-27-45-43(34-40)49-41(23-18-21-30-58)39(22-17-20-29-57)33-42-44(55-65-8-4)35-48(53(67-45,50(42)49)64-31-6-2)56(52(60)61-7-3)36-38-24-26-46-47(32-38)63-37-62-46/h6,24-27,32-34,39,41,48-50,57-58H,2,5,7-23,28-31,35-37H2,1,3-4H3,(H,54,59). The summed E-state index contributed by atoms with van der Waals surface area (Å²) < 4.78 is 37.6. The quantitative estimate of drug-likeness (QED) is 0.0404. The normalized spacial score (nSPS) is 22.8. The molecule has 2 heterocycles. The Kier molecular flexibility index (Phi) is 20.5. The number of rotatable bonds is 29. The van der Waals surface area contributed by atoms with Crippen LogP contribution in [0.4, 0.5) is 9.59 Å². The average Bonchev–Trinajstić information content (AvgIpc) is 3.81. The lowest BCUT2D eigenvalue weighted by Gasteiger charge is -2.59. The van der Waals surface area contributed by atoms with Crippen molar-refractivity contribution in [2.75, 3.05) is 46.4 Å². The van der Waals surface area contributed by atoms with Gasteiger partial charge in [-0.05, 0) is 99.3 Å². The molecule has 0 radical (unpaired) electrons. The Bertz CT molecular complexity index is 1960. The van der Waals surface area contributed by atoms with E-state index < -0.39 is 29.9 Å². The second-order valence-corrected chi connectivity index (χ2v) is 18.2. The molecule has 2 aliphatic heterocycles. The summed E-state index contributed by atoms with van der Waals surface area (Å²) in [6.45, 7) is 11.4. The highest BCUT2D eigenvalue weighted by Gasteiger charge is 2.65. The number of amides is 2. The Hall–Kier alpha value is -4.79. The highest BCUT2D eigenvalue weighted by Crippen LogP contribution is 2.62. The Morgan fingerprint density at radius 1 is 0.866 bits per heavy atom. The minimum absolute atomic E-state index is 0.00855. The van der Waals surface area contributed by atoms with Gasteiger partial charge in [0.15, 0.2) is 11.5 Å². The Morgan fingerprint density at radius 2 is 1.58 bits per heavy atom. The van der Waals surface area contributed by atoms with E-state index in [9.17, 15) is 19.8 Å². The van der Waals surface area contributed by atoms with E-state index >= 15 is 0 Å². The molecule has 3 N–H and O–H groups in total. The molecule has 0 spiro atoms. The number of allylic oxidation sites excluding steroid dienone is 1. The number of nitrogens with zero attached hydrogens (tertiary/aromatic N) is 2. The van der Waals surface area contributed by atoms with Crippen LogP contribution in [0.25, 0.3) is 0 Å². The molecule has 0 saturated heterocycles. The maximum Gasteiger partial charge on any atom is 0.412 e. The summed E-state index contributed by atoms with van der Waals surface area (Å²) in [5.41, 5.74) is 3.22. The summed E-state index contributed by atoms with van der Waals surface area (Å²) in [6.07, 6.45) is 19.6. The van der Waals surface area contributed by atoms with Gasteiger partial charge in [0, 0.05) is 44.2 Å². The van der Waals surface area contributed by atoms with E-state index in [4.69, 9.17) is 38.4 Å². The van der Waals surface area contributed by atoms with Crippen molar-refractivity contribution >= 4 is 17.9 Å². The van der Waals surface area contributed by atoms with Gasteiger partial charge >= 0.3 is 12.2 Å². The lowest BCUT2D eigenvalue weighted by Crippen LogP contribution is -2.70. The molecule has 0 bridgehead atoms. The van der Waals surface area contributed by atoms with Crippen molar-refractivity contribution in [1.82, 2.24) is 10.2 Å². The number of nitrogens with one attached hydrogen (secondary N) is 1. The van der Waals surface area contributed by atoms with Crippen LogP contribution in [0.2, 0.25) is 0 Å². The third-order valence-electron chi connectivity index (χ3n) is 13.6. The van der Waals surface area contributed by atoms with Crippen molar-refractivity contribution in [3.8, 4) is 23.0 Å². The fourth-order valence-corrected chi connectivity index (χ4v) is 10.5. The molecule has 14 nitrogen and oxygen atoms in total. The number of unbranched alkanes of at least 4 members (excludes halogenated alkanes) is 11. The second-order valence-electron chi connectivity index (χ2n) is 18.2. The minimum Gasteiger partial charge on any atom is -0.459 e. The van der Waals surface area contributed by atoms with Crippen LogP contribution >= 0.6 is 0 Å². The van der Waals surface area contributed by atoms with Crippen LogP contribution in [-0.2, 0) is 20.9 Å². The van der Waals surface area contributed by atoms with Gasteiger partial charge in [0.1, 0.15) is 24.1 Å². The number of ether oxygens (including phenoxy) is 6. The lowest BCUT2D eigenvalue weighted by atomic mass is 9.55. The van der Waals surface area contributed by atoms with Gasteiger partial charge in [-0.3, -0.25) is 4.90 Å². The molecule has 6 atom stereocenters. The van der Waals surface area contributed by atoms with Crippen LogP contribution in [0.15, 0.2) is 65.9 Å². The summed E-state index contributed by atoms with van der Waals surface area (Å²) >= 11 is 0. The van der Waals surface area contributed by atoms with E-state index in [0.29, 0.717) is 54.7 Å². The van der Waals surface area contributed by atoms with Gasteiger partial charge in [-0.15, -0.1) is 6.58 Å². The molecule has 14 heteroatoms. The fourth-order valence-electron chi connectivity index (χ4n) is 10.5. The van der Waals surface area contributed by atoms with E-state index in [-0.39, 0.29) is 63.9 Å². The maximum absolute atomic E-state index is 14.5. The van der Waals surface area contributed by atoms with E-state index in [2.05, 4.69) is 24.9 Å². The molecule has 6 rings (SSSR count). The molecule has 2 aromatic carbocycles. The van der Waals surface area contributed by atoms with Gasteiger partial charge in [0.2, 0.25) is 12.6 Å². The lowest BCUT2D eigenvalue weighted by molar-refractivity contribution is -0.256. The summed E-state index contributed by atoms with van der Waals surface area (Å²) in [7, 11) is 0. The molecule has 2 aromatic rings. The van der Waals surface area contributed by atoms with Crippen LogP contribution < -0.4 is 24.3 Å². The molecule has 6 unspecified atom stereocenters. The Balaban J connectivity index is 1.39. The molecule has 2 aliphatic carbocycles. The number of carbonyl (C=O) groups excluding carboxylic acids is 2. The molecular formula is C53H77N3O11. The largest absolute Gasteiger partial charge is 0.459 e. The minimum atomic E-state index is -1.49. The molecule has 1 fully saturated rings. The average molecular weight is 932 g/mol. The van der Waals surface area contributed by atoms with Gasteiger partial charge in [-0.2, -0.15) is 0 Å². The van der Waals surface area contributed by atoms with Crippen molar-refractivity contribution in [1.29, 1.82) is 0 Å². The fraction of sp³-hybridized carbons (Fsp3) is 0.642. The first kappa shape index (κ1) is 51.6. The second kappa shape index (κ2) is 26.7. The van der Waals surface area contributed by atoms with Gasteiger partial charge < -0.3 is 48.8 Å². The molecule has 370 valence electrons. The number of aliphatic hydroxyl groups is 2. The molecule has 67 heavy (non-hydrogen) atoms. The first-order valence-corrected chi connectivity index (χ1v) is 25.3. The predicted molar refractivity (Wildman–Crippen MR) is 258 cm³/mol. The van der Waals surface area contributed by atoms with E-state index in [1.807, 2.05) is 37.3 Å². The van der Waals surface area contributed by atoms with E-state index in [0.717, 1.165) is 61.6 Å². The molecular weight excluding hydrogens is 855 g/mol. The highest BCUT2D eigenvalue weighted by molar-refractivity contribution is 6.03. The summed E-state index contributed by atoms with van der Waals surface area (Å²) in [5.74, 6) is -0.152. The molecule has 2 amide bonds. The number of hydrogen-bond acceptors (Lipinski definition) is 12. The Morgan fingerprint density at radius 3 is 2.30 bits per heavy atom. The van der Waals surface area contributed by atoms with Crippen molar-refractivity contribution in [3.05, 3.63) is 71.8 Å². The molecule has 1 saturated carbocycles. The van der Waals surface area contributed by atoms with Crippen LogP contribution in [0.3, 0.4) is 0 Å². The highest BCUT2D eigenvalue weighted by atomic mass is 16.7. The summed E-state index contributed by atoms with van der Waals surface area (Å²) in [4.78, 5) is 35.4. The number of hydrogen-bond donors (Lipinski definition) is 3. The van der Waals surface area contributed by atoms with Gasteiger partial charge in [-0.1, -0.05) is 101 Å². The monoisotopic (exact) mass is 932 g/mol. The van der Waals surface area contributed by atoms with Gasteiger partial charge in [0.25, 0.3) is 0 Å². The van der Waals surface area contributed by atoms with Crippen molar-refractivity contribution in [3.63, 3.8) is 0 Å². The number of oxime groups is 1. The maximum atomic E-state index is 14.5. The summed E-state index contributed by atoms with van der Waals surface area (Å²) in [6, 6.07) is 10.3. The zero-order valence-electron chi connectivity index (χ0n) is 40.4. The van der Waals surface area contributed by atoms with E-state index in [1.54, 1.807) is 24.0 Å². The number of aliphatic hydroxyl groups excluding tert-OH is 2. The van der Waals surface area contributed by atoms with Crippen LogP contribution in [0.5, 0.6) is 23.0 Å². The van der Waals surface area contributed by atoms with Crippen LogP contribution in [0.1, 0.15) is 147 Å². The first-order valence-electron chi connectivity index (χ1n) is 25.3. The zero-order valence-corrected chi connectivity index (χ0v) is 40.4. The zero-order chi connectivity index (χ0) is 47.4. The van der Waals surface area contributed by atoms with Crippen molar-refractivity contribution in [2.24, 2.45) is 22.9 Å². The molecule has 0 aromatic heterocycles. The van der Waals surface area contributed by atoms with Crippen LogP contribution in [0, 0.1) is 17.8 Å². The Labute approximate surface area is 398 Å². The van der Waals surface area contributed by atoms with Crippen molar-refractivity contribution < 1.29 is 53.1 Å². The third-order valence-corrected chi connectivity index (χ3v) is 13.6. The number of benzene rings is 2. The summed E-state index contributed by atoms with van der Waals surface area (Å²) in [5, 5.41) is 27.7. The first-order chi connectivity index (χ1) is 32.8. The van der Waals surface area contributed by atoms with Gasteiger partial charge in [0.05, 0.1) is 24.8 Å². The topological polar surface area (TPSA) is 167 Å². The van der Waals surface area contributed by atoms with E-state index in [1.165, 1.54) is 44.9 Å². The number of carbonyl (C=O) groups is 2. The predicted octanol–water partition coefficient (Wildman–Crippen LogP) is 10.7. The number of fused-ring (bicyclic) bond motifs is 3. The third kappa shape index (κ3) is 13.3. The molecule has 4 aliphatic rings. The SMILES string of the molecule is C=CCOC12Oc3ccc(OC(=O)NCCCCCCCCCCCC)cc3C3C(CCCCO)C(CCCCO)C=C(C(=NOCC)CC1N(Cc1ccc4c(c1)OCO4)C(=O)OCC)C32.